The number of carbonyl (C=O) groups is 1. The molecule has 0 unspecified atom stereocenters. The Bertz CT molecular complexity index is 627. The monoisotopic (exact) mass is 348 g/mol. The van der Waals surface area contributed by atoms with Crippen molar-refractivity contribution in [1.29, 1.82) is 0 Å². The Morgan fingerprint density at radius 2 is 1.90 bits per heavy atom. The Morgan fingerprint density at radius 1 is 1.19 bits per heavy atom. The third-order valence-electron chi connectivity index (χ3n) is 2.98. The molecule has 0 fully saturated rings. The van der Waals surface area contributed by atoms with E-state index in [-0.39, 0.29) is 6.03 Å². The van der Waals surface area contributed by atoms with E-state index in [4.69, 9.17) is 4.74 Å². The summed E-state index contributed by atoms with van der Waals surface area (Å²) >= 11 is 3.43. The van der Waals surface area contributed by atoms with E-state index < -0.39 is 0 Å². The van der Waals surface area contributed by atoms with Gasteiger partial charge in [0.2, 0.25) is 0 Å². The summed E-state index contributed by atoms with van der Waals surface area (Å²) in [5.41, 5.74) is 2.88. The van der Waals surface area contributed by atoms with Crippen molar-refractivity contribution < 1.29 is 9.53 Å². The number of nitrogens with one attached hydrogen (secondary N) is 2. The highest BCUT2D eigenvalue weighted by atomic mass is 79.9. The summed E-state index contributed by atoms with van der Waals surface area (Å²) in [6, 6.07) is 13.1. The number of carbonyl (C=O) groups excluding carboxylic acids is 1. The minimum atomic E-state index is -0.240. The van der Waals surface area contributed by atoms with Crippen molar-refractivity contribution >= 4 is 27.6 Å². The second-order valence-corrected chi connectivity index (χ2v) is 5.49. The number of anilines is 1. The van der Waals surface area contributed by atoms with Crippen molar-refractivity contribution in [2.45, 2.75) is 13.5 Å². The van der Waals surface area contributed by atoms with Crippen LogP contribution in [0.4, 0.5) is 10.5 Å². The Morgan fingerprint density at radius 3 is 2.52 bits per heavy atom. The lowest BCUT2D eigenvalue weighted by molar-refractivity contribution is 0.251. The predicted molar refractivity (Wildman–Crippen MR) is 87.7 cm³/mol. The zero-order valence-electron chi connectivity index (χ0n) is 11.9. The molecule has 110 valence electrons. The van der Waals surface area contributed by atoms with Crippen LogP contribution < -0.4 is 15.4 Å². The molecule has 0 atom stereocenters. The summed E-state index contributed by atoms with van der Waals surface area (Å²) in [7, 11) is 1.63. The first kappa shape index (κ1) is 15.4. The minimum Gasteiger partial charge on any atom is -0.497 e. The summed E-state index contributed by atoms with van der Waals surface area (Å²) in [6.45, 7) is 2.46. The minimum absolute atomic E-state index is 0.240. The van der Waals surface area contributed by atoms with Gasteiger partial charge in [-0.1, -0.05) is 18.2 Å². The summed E-state index contributed by atoms with van der Waals surface area (Å²) in [5, 5.41) is 5.62. The molecule has 2 aromatic carbocycles. The maximum atomic E-state index is 11.9. The number of methoxy groups -OCH3 is 1. The third-order valence-corrected chi connectivity index (χ3v) is 3.64. The van der Waals surface area contributed by atoms with Crippen molar-refractivity contribution in [1.82, 2.24) is 5.32 Å². The average molecular weight is 349 g/mol. The van der Waals surface area contributed by atoms with E-state index in [1.165, 1.54) is 0 Å². The molecule has 0 spiro atoms. The SMILES string of the molecule is COc1ccc(CNC(=O)Nc2ccc(C)cc2Br)cc1. The number of benzene rings is 2. The van der Waals surface area contributed by atoms with Crippen LogP contribution in [-0.2, 0) is 6.54 Å². The largest absolute Gasteiger partial charge is 0.497 e. The highest BCUT2D eigenvalue weighted by Gasteiger charge is 2.05. The fraction of sp³-hybridized carbons (Fsp3) is 0.188. The van der Waals surface area contributed by atoms with Gasteiger partial charge < -0.3 is 15.4 Å². The Labute approximate surface area is 132 Å². The van der Waals surface area contributed by atoms with Gasteiger partial charge in [0.05, 0.1) is 12.8 Å². The van der Waals surface area contributed by atoms with Crippen LogP contribution in [0.15, 0.2) is 46.9 Å². The smallest absolute Gasteiger partial charge is 0.319 e. The summed E-state index contributed by atoms with van der Waals surface area (Å²) in [4.78, 5) is 11.9. The lowest BCUT2D eigenvalue weighted by atomic mass is 10.2. The first-order valence-electron chi connectivity index (χ1n) is 6.52. The standard InChI is InChI=1S/C16H17BrN2O2/c1-11-3-8-15(14(17)9-11)19-16(20)18-10-12-4-6-13(21-2)7-5-12/h3-9H,10H2,1-2H3,(H2,18,19,20). The lowest BCUT2D eigenvalue weighted by Gasteiger charge is -2.10. The third kappa shape index (κ3) is 4.49. The van der Waals surface area contributed by atoms with Gasteiger partial charge in [-0.25, -0.2) is 4.79 Å². The number of halogens is 1. The second-order valence-electron chi connectivity index (χ2n) is 4.64. The quantitative estimate of drug-likeness (QED) is 0.874. The molecule has 21 heavy (non-hydrogen) atoms. The molecule has 0 aliphatic rings. The van der Waals surface area contributed by atoms with Gasteiger partial charge in [0, 0.05) is 11.0 Å². The molecule has 0 saturated heterocycles. The fourth-order valence-corrected chi connectivity index (χ4v) is 2.41. The molecule has 0 aromatic heterocycles. The van der Waals surface area contributed by atoms with Crippen LogP contribution in [0.25, 0.3) is 0 Å². The maximum absolute atomic E-state index is 11.9. The highest BCUT2D eigenvalue weighted by molar-refractivity contribution is 9.10. The van der Waals surface area contributed by atoms with E-state index in [1.54, 1.807) is 7.11 Å². The van der Waals surface area contributed by atoms with Crippen LogP contribution in [0.5, 0.6) is 5.75 Å². The topological polar surface area (TPSA) is 50.4 Å². The number of aryl methyl sites for hydroxylation is 1. The van der Waals surface area contributed by atoms with Gasteiger partial charge in [-0.05, 0) is 58.2 Å². The molecule has 0 radical (unpaired) electrons. The van der Waals surface area contributed by atoms with Gasteiger partial charge in [0.15, 0.2) is 0 Å². The zero-order valence-corrected chi connectivity index (χ0v) is 13.5. The van der Waals surface area contributed by atoms with Gasteiger partial charge in [0.1, 0.15) is 5.75 Å². The van der Waals surface area contributed by atoms with Gasteiger partial charge >= 0.3 is 6.03 Å². The van der Waals surface area contributed by atoms with Gasteiger partial charge in [-0.2, -0.15) is 0 Å². The molecule has 0 aliphatic carbocycles. The zero-order chi connectivity index (χ0) is 15.2. The lowest BCUT2D eigenvalue weighted by Crippen LogP contribution is -2.28. The molecule has 5 heteroatoms. The van der Waals surface area contributed by atoms with Crippen LogP contribution in [-0.4, -0.2) is 13.1 Å². The summed E-state index contributed by atoms with van der Waals surface area (Å²) in [6.07, 6.45) is 0. The molecule has 2 N–H and O–H groups in total. The molecule has 0 aliphatic heterocycles. The van der Waals surface area contributed by atoms with Gasteiger partial charge in [-0.15, -0.1) is 0 Å². The van der Waals surface area contributed by atoms with Crippen LogP contribution in [0.2, 0.25) is 0 Å². The van der Waals surface area contributed by atoms with Crippen LogP contribution in [0.3, 0.4) is 0 Å². The van der Waals surface area contributed by atoms with Crippen molar-refractivity contribution in [2.24, 2.45) is 0 Å². The Balaban J connectivity index is 1.89. The van der Waals surface area contributed by atoms with Crippen molar-refractivity contribution in [3.63, 3.8) is 0 Å². The highest BCUT2D eigenvalue weighted by Crippen LogP contribution is 2.23. The number of ether oxygens (including phenoxy) is 1. The van der Waals surface area contributed by atoms with Gasteiger partial charge in [0.25, 0.3) is 0 Å². The van der Waals surface area contributed by atoms with E-state index in [0.29, 0.717) is 6.54 Å². The van der Waals surface area contributed by atoms with Crippen molar-refractivity contribution in [3.8, 4) is 5.75 Å². The van der Waals surface area contributed by atoms with Gasteiger partial charge in [-0.3, -0.25) is 0 Å². The molecule has 0 bridgehead atoms. The first-order valence-corrected chi connectivity index (χ1v) is 7.31. The first-order chi connectivity index (χ1) is 10.1. The average Bonchev–Trinajstić information content (AvgIpc) is 2.48. The van der Waals surface area contributed by atoms with Crippen LogP contribution in [0.1, 0.15) is 11.1 Å². The van der Waals surface area contributed by atoms with Crippen LogP contribution in [0, 0.1) is 6.92 Å². The predicted octanol–water partition coefficient (Wildman–Crippen LogP) is 4.09. The van der Waals surface area contributed by atoms with E-state index >= 15 is 0 Å². The van der Waals surface area contributed by atoms with Crippen LogP contribution >= 0.6 is 15.9 Å². The molecular weight excluding hydrogens is 332 g/mol. The van der Waals surface area contributed by atoms with E-state index in [1.807, 2.05) is 49.4 Å². The summed E-state index contributed by atoms with van der Waals surface area (Å²) in [5.74, 6) is 0.798. The van der Waals surface area contributed by atoms with Crippen molar-refractivity contribution in [3.05, 3.63) is 58.1 Å². The molecule has 0 saturated carbocycles. The molecule has 2 aromatic rings. The Kier molecular flexibility index (Phi) is 5.22. The fourth-order valence-electron chi connectivity index (χ4n) is 1.81. The summed E-state index contributed by atoms with van der Waals surface area (Å²) < 4.78 is 5.95. The second kappa shape index (κ2) is 7.13. The number of rotatable bonds is 4. The molecular formula is C16H17BrN2O2. The van der Waals surface area contributed by atoms with Crippen molar-refractivity contribution in [2.75, 3.05) is 12.4 Å². The van der Waals surface area contributed by atoms with E-state index in [2.05, 4.69) is 26.6 Å². The van der Waals surface area contributed by atoms with E-state index in [9.17, 15) is 4.79 Å². The number of urea groups is 1. The number of amides is 2. The molecule has 4 nitrogen and oxygen atoms in total. The number of hydrogen-bond acceptors (Lipinski definition) is 2. The normalized spacial score (nSPS) is 10.0. The maximum Gasteiger partial charge on any atom is 0.319 e. The van der Waals surface area contributed by atoms with E-state index in [0.717, 1.165) is 27.0 Å². The molecule has 2 rings (SSSR count). The number of hydrogen-bond donors (Lipinski definition) is 2. The molecule has 2 amide bonds. The molecule has 0 heterocycles. The Hall–Kier alpha value is -2.01.